The lowest BCUT2D eigenvalue weighted by molar-refractivity contribution is -0.440. The SMILES string of the molecule is CCCC1(C)\C(=C/C=C/C=C/C2=[N+](CCCS(=O)(=O)O)c3c(S(=O)(=O)O)cc4cc(OC=O)ccc4c3C2(C)C)N(CCCS(=O)(=O)O)c2ccc3c(S(=O)(=O)O)cc(S(=O)(=O)O)cc3c21. The summed E-state index contributed by atoms with van der Waals surface area (Å²) in [5.41, 5.74) is 0.183. The van der Waals surface area contributed by atoms with Crippen LogP contribution < -0.4 is 9.64 Å². The first-order valence-electron chi connectivity index (χ1n) is 20.1. The van der Waals surface area contributed by atoms with Crippen LogP contribution in [0.1, 0.15) is 64.5 Å². The van der Waals surface area contributed by atoms with Crippen LogP contribution in [0.3, 0.4) is 0 Å². The van der Waals surface area contributed by atoms with E-state index in [1.54, 1.807) is 61.3 Å². The van der Waals surface area contributed by atoms with E-state index in [0.717, 1.165) is 6.07 Å². The molecule has 2 aliphatic heterocycles. The van der Waals surface area contributed by atoms with Crippen molar-refractivity contribution < 1.29 is 79.0 Å². The van der Waals surface area contributed by atoms with E-state index < -0.39 is 87.6 Å². The number of nitrogens with zero attached hydrogens (tertiary/aromatic N) is 2. The second kappa shape index (κ2) is 18.0. The number of benzene rings is 4. The van der Waals surface area contributed by atoms with E-state index in [0.29, 0.717) is 57.9 Å². The van der Waals surface area contributed by atoms with Gasteiger partial charge in [0.1, 0.15) is 17.2 Å². The fraction of sp³-hybridized carbons (Fsp3) is 0.333. The van der Waals surface area contributed by atoms with Crippen LogP contribution in [0.5, 0.6) is 5.75 Å². The molecule has 66 heavy (non-hydrogen) atoms. The van der Waals surface area contributed by atoms with Gasteiger partial charge in [0.05, 0.1) is 21.8 Å². The van der Waals surface area contributed by atoms with Crippen LogP contribution >= 0.6 is 0 Å². The summed E-state index contributed by atoms with van der Waals surface area (Å²) in [5.74, 6) is -1.20. The molecule has 5 N–H and O–H groups in total. The van der Waals surface area contributed by atoms with Crippen LogP contribution in [0, 0.1) is 0 Å². The highest BCUT2D eigenvalue weighted by Crippen LogP contribution is 2.54. The van der Waals surface area contributed by atoms with E-state index in [2.05, 4.69) is 0 Å². The van der Waals surface area contributed by atoms with Crippen molar-refractivity contribution in [1.29, 1.82) is 0 Å². The highest BCUT2D eigenvalue weighted by Gasteiger charge is 2.49. The van der Waals surface area contributed by atoms with Gasteiger partial charge in [0.2, 0.25) is 5.69 Å². The Morgan fingerprint density at radius 3 is 1.92 bits per heavy atom. The Kier molecular flexibility index (Phi) is 13.8. The first-order valence-corrected chi connectivity index (χ1v) is 27.6. The van der Waals surface area contributed by atoms with Crippen molar-refractivity contribution in [3.63, 3.8) is 0 Å². The maximum Gasteiger partial charge on any atom is 0.301 e. The Hall–Kier alpha value is -4.89. The second-order valence-corrected chi connectivity index (χ2v) is 23.9. The van der Waals surface area contributed by atoms with Gasteiger partial charge in [-0.05, 0) is 97.8 Å². The molecule has 0 saturated heterocycles. The summed E-state index contributed by atoms with van der Waals surface area (Å²) < 4.78 is 180. The van der Waals surface area contributed by atoms with Crippen LogP contribution in [-0.2, 0) is 66.2 Å². The van der Waals surface area contributed by atoms with E-state index in [1.165, 1.54) is 28.8 Å². The summed E-state index contributed by atoms with van der Waals surface area (Å²) in [4.78, 5) is 10.8. The number of hydrogen-bond acceptors (Lipinski definition) is 13. The van der Waals surface area contributed by atoms with Crippen molar-refractivity contribution in [3.8, 4) is 5.75 Å². The number of hydrogen-bond donors (Lipinski definition) is 5. The van der Waals surface area contributed by atoms with Crippen LogP contribution in [0.4, 0.5) is 11.4 Å². The van der Waals surface area contributed by atoms with Crippen molar-refractivity contribution in [2.45, 2.75) is 78.9 Å². The summed E-state index contributed by atoms with van der Waals surface area (Å²) in [6.45, 7) is 7.30. The normalized spacial score (nSPS) is 18.6. The van der Waals surface area contributed by atoms with E-state index in [9.17, 15) is 69.6 Å². The zero-order chi connectivity index (χ0) is 49.0. The van der Waals surface area contributed by atoms with Gasteiger partial charge < -0.3 is 9.64 Å². The summed E-state index contributed by atoms with van der Waals surface area (Å²) >= 11 is 0. The standard InChI is InChI=1S/C42H46N2O17S5/c1-5-17-42(4)37(43(18-9-20-62(46,47)48)33-16-15-31-32(38(33)42)24-29(64(52,53)54)25-34(31)65(55,56)57)12-8-6-7-11-36-41(2,3)39-30-14-13-28(61-26-45)22-27(30)23-35(66(58,59)60)40(39)44(36)19-10-21-63(49,50)51/h6-8,11-16,22-26H,5,9-10,17-21H2,1-4H3,(H4-,46,47,48,49,50,51,52,53,54,55,56,57,58,59,60)/p+1. The van der Waals surface area contributed by atoms with E-state index in [4.69, 9.17) is 4.74 Å². The number of rotatable bonds is 18. The molecule has 0 spiro atoms. The number of carbonyl (C=O) groups is 1. The first-order chi connectivity index (χ1) is 30.4. The van der Waals surface area contributed by atoms with Gasteiger partial charge >= 0.3 is 10.1 Å². The minimum absolute atomic E-state index is 0.00797. The molecule has 0 radical (unpaired) electrons. The maximum absolute atomic E-state index is 13.0. The van der Waals surface area contributed by atoms with Crippen LogP contribution in [0.25, 0.3) is 21.5 Å². The average Bonchev–Trinajstić information content (AvgIpc) is 3.54. The molecular weight excluding hydrogens is 965 g/mol. The van der Waals surface area contributed by atoms with Crippen molar-refractivity contribution in [2.24, 2.45) is 0 Å². The summed E-state index contributed by atoms with van der Waals surface area (Å²) in [6.07, 6.45) is 8.80. The van der Waals surface area contributed by atoms with Gasteiger partial charge in [-0.25, -0.2) is 0 Å². The molecular formula is C42H47N2O17S5+. The molecule has 1 atom stereocenters. The number of allylic oxidation sites excluding steroid dienone is 6. The van der Waals surface area contributed by atoms with E-state index in [1.807, 2.05) is 13.8 Å². The van der Waals surface area contributed by atoms with Gasteiger partial charge in [0, 0.05) is 46.8 Å². The highest BCUT2D eigenvalue weighted by molar-refractivity contribution is 7.87. The number of anilines is 1. The molecule has 0 aromatic heterocycles. The first kappa shape index (κ1) is 50.5. The number of fused-ring (bicyclic) bond motifs is 6. The molecule has 0 amide bonds. The lowest BCUT2D eigenvalue weighted by Gasteiger charge is -2.30. The van der Waals surface area contributed by atoms with Gasteiger partial charge in [-0.1, -0.05) is 43.7 Å². The monoisotopic (exact) mass is 1010 g/mol. The molecule has 4 aromatic rings. The average molecular weight is 1010 g/mol. The van der Waals surface area contributed by atoms with Crippen molar-refractivity contribution in [3.05, 3.63) is 95.7 Å². The van der Waals surface area contributed by atoms with Crippen LogP contribution in [0.15, 0.2) is 99.3 Å². The second-order valence-electron chi connectivity index (χ2n) is 16.6. The van der Waals surface area contributed by atoms with Gasteiger partial charge in [-0.15, -0.1) is 0 Å². The zero-order valence-electron chi connectivity index (χ0n) is 35.8. The Labute approximate surface area is 382 Å². The predicted molar refractivity (Wildman–Crippen MR) is 245 cm³/mol. The minimum Gasteiger partial charge on any atom is -0.429 e. The van der Waals surface area contributed by atoms with Crippen molar-refractivity contribution in [2.75, 3.05) is 29.5 Å². The molecule has 19 nitrogen and oxygen atoms in total. The molecule has 0 fully saturated rings. The van der Waals surface area contributed by atoms with Gasteiger partial charge in [-0.2, -0.15) is 46.7 Å². The van der Waals surface area contributed by atoms with E-state index >= 15 is 0 Å². The number of carbonyl (C=O) groups excluding carboxylic acids is 1. The lowest BCUT2D eigenvalue weighted by atomic mass is 9.76. The van der Waals surface area contributed by atoms with Gasteiger partial charge in [0.15, 0.2) is 10.6 Å². The largest absolute Gasteiger partial charge is 0.429 e. The minimum atomic E-state index is -5.05. The number of ether oxygens (including phenoxy) is 1. The highest BCUT2D eigenvalue weighted by atomic mass is 32.2. The third kappa shape index (κ3) is 10.2. The molecule has 356 valence electrons. The summed E-state index contributed by atoms with van der Waals surface area (Å²) in [6, 6.07) is 10.4. The van der Waals surface area contributed by atoms with Crippen molar-refractivity contribution in [1.82, 2.24) is 0 Å². The maximum atomic E-state index is 13.0. The molecule has 1 unspecified atom stereocenters. The molecule has 2 heterocycles. The molecule has 24 heteroatoms. The topological polar surface area (TPSA) is 304 Å². The Balaban J connectivity index is 1.53. The quantitative estimate of drug-likeness (QED) is 0.0342. The summed E-state index contributed by atoms with van der Waals surface area (Å²) in [7, 11) is -23.9. The van der Waals surface area contributed by atoms with Crippen molar-refractivity contribution >= 4 is 95.7 Å². The summed E-state index contributed by atoms with van der Waals surface area (Å²) in [5, 5.41) is 0.834. The van der Waals surface area contributed by atoms with Crippen LogP contribution in [-0.4, -0.2) is 106 Å². The van der Waals surface area contributed by atoms with E-state index in [-0.39, 0.29) is 54.6 Å². The predicted octanol–water partition coefficient (Wildman–Crippen LogP) is 5.77. The Morgan fingerprint density at radius 1 is 0.697 bits per heavy atom. The fourth-order valence-corrected chi connectivity index (χ4v) is 12.3. The third-order valence-electron chi connectivity index (χ3n) is 11.7. The lowest BCUT2D eigenvalue weighted by Crippen LogP contribution is -2.30. The van der Waals surface area contributed by atoms with Crippen LogP contribution in [0.2, 0.25) is 0 Å². The molecule has 4 aromatic carbocycles. The molecule has 6 rings (SSSR count). The molecule has 0 aliphatic carbocycles. The molecule has 0 saturated carbocycles. The molecule has 0 bridgehead atoms. The third-order valence-corrected chi connectivity index (χ3v) is 15.9. The Bertz CT molecular complexity index is 3390. The fourth-order valence-electron chi connectivity index (χ4n) is 9.21. The molecule has 2 aliphatic rings. The van der Waals surface area contributed by atoms with Gasteiger partial charge in [0.25, 0.3) is 46.9 Å². The Morgan fingerprint density at radius 2 is 1.33 bits per heavy atom. The smallest absolute Gasteiger partial charge is 0.301 e. The zero-order valence-corrected chi connectivity index (χ0v) is 39.9. The van der Waals surface area contributed by atoms with Gasteiger partial charge in [-0.3, -0.25) is 27.6 Å².